The fraction of sp³-hybridized carbons (Fsp3) is 0.333. The Morgan fingerprint density at radius 3 is 2.90 bits per heavy atom. The second-order valence-corrected chi connectivity index (χ2v) is 2.04. The van der Waals surface area contributed by atoms with Gasteiger partial charge in [0.1, 0.15) is 0 Å². The number of nitrogens with one attached hydrogen (secondary N) is 1. The number of rotatable bonds is 2. The summed E-state index contributed by atoms with van der Waals surface area (Å²) in [5.41, 5.74) is 5.65. The van der Waals surface area contributed by atoms with Gasteiger partial charge >= 0.3 is 0 Å². The lowest BCUT2D eigenvalue weighted by atomic mass is 10.2. The predicted octanol–water partition coefficient (Wildman–Crippen LogP) is 0.146. The van der Waals surface area contributed by atoms with E-state index in [1.807, 2.05) is 0 Å². The molecule has 0 aliphatic heterocycles. The van der Waals surface area contributed by atoms with Gasteiger partial charge in [0.25, 0.3) is 0 Å². The molecule has 0 saturated heterocycles. The maximum Gasteiger partial charge on any atom is 0.195 e. The second kappa shape index (κ2) is 2.81. The molecule has 10 heavy (non-hydrogen) atoms. The van der Waals surface area contributed by atoms with Crippen molar-refractivity contribution in [3.05, 3.63) is 23.8 Å². The molecular formula is C6H9FN2O. The number of hydrogen-bond acceptors (Lipinski definition) is 2. The molecule has 3 nitrogen and oxygen atoms in total. The van der Waals surface area contributed by atoms with Gasteiger partial charge in [0, 0.05) is 11.8 Å². The molecular weight excluding hydrogens is 135 g/mol. The normalized spacial score (nSPS) is 13.5. The Kier molecular flexibility index (Phi) is 2.03. The summed E-state index contributed by atoms with van der Waals surface area (Å²) in [6, 6.07) is 0.891. The number of aliphatic hydroxyl groups excluding tert-OH is 1. The number of halogens is 1. The van der Waals surface area contributed by atoms with E-state index in [1.165, 1.54) is 12.3 Å². The van der Waals surface area contributed by atoms with Crippen LogP contribution in [0.3, 0.4) is 0 Å². The molecule has 0 amide bonds. The van der Waals surface area contributed by atoms with Crippen molar-refractivity contribution in [1.82, 2.24) is 4.98 Å². The van der Waals surface area contributed by atoms with Gasteiger partial charge in [-0.3, -0.25) is 0 Å². The van der Waals surface area contributed by atoms with Crippen LogP contribution in [-0.2, 0) is 0 Å². The molecule has 4 heteroatoms. The minimum absolute atomic E-state index is 0.241. The fourth-order valence-electron chi connectivity index (χ4n) is 0.746. The largest absolute Gasteiger partial charge is 0.394 e. The summed E-state index contributed by atoms with van der Waals surface area (Å²) in [4.78, 5) is 2.33. The Morgan fingerprint density at radius 2 is 2.50 bits per heavy atom. The van der Waals surface area contributed by atoms with E-state index >= 15 is 0 Å². The molecule has 0 radical (unpaired) electrons. The minimum Gasteiger partial charge on any atom is -0.394 e. The maximum absolute atomic E-state index is 12.5. The zero-order valence-electron chi connectivity index (χ0n) is 5.34. The van der Waals surface area contributed by atoms with Crippen LogP contribution in [0.5, 0.6) is 0 Å². The quantitative estimate of drug-likeness (QED) is 0.553. The first-order chi connectivity index (χ1) is 4.75. The molecule has 0 bridgehead atoms. The highest BCUT2D eigenvalue weighted by Gasteiger charge is 2.09. The molecule has 56 valence electrons. The van der Waals surface area contributed by atoms with Crippen molar-refractivity contribution in [2.45, 2.75) is 6.04 Å². The summed E-state index contributed by atoms with van der Waals surface area (Å²) in [7, 11) is 0. The summed E-state index contributed by atoms with van der Waals surface area (Å²) < 4.78 is 12.5. The zero-order valence-corrected chi connectivity index (χ0v) is 5.34. The first kappa shape index (κ1) is 7.24. The van der Waals surface area contributed by atoms with Gasteiger partial charge in [-0.15, -0.1) is 0 Å². The van der Waals surface area contributed by atoms with E-state index in [1.54, 1.807) is 0 Å². The summed E-state index contributed by atoms with van der Waals surface area (Å²) in [6.07, 6.45) is 1.44. The third kappa shape index (κ3) is 1.17. The SMILES string of the molecule is N[C@@H](CO)c1cc[nH]c1F. The third-order valence-electron chi connectivity index (χ3n) is 1.32. The van der Waals surface area contributed by atoms with Crippen molar-refractivity contribution in [2.24, 2.45) is 5.73 Å². The number of aromatic amines is 1. The molecule has 0 aromatic carbocycles. The van der Waals surface area contributed by atoms with E-state index in [4.69, 9.17) is 10.8 Å². The van der Waals surface area contributed by atoms with Crippen LogP contribution in [0.25, 0.3) is 0 Å². The van der Waals surface area contributed by atoms with Crippen molar-refractivity contribution >= 4 is 0 Å². The lowest BCUT2D eigenvalue weighted by Crippen LogP contribution is -2.14. The monoisotopic (exact) mass is 144 g/mol. The number of H-pyrrole nitrogens is 1. The number of aromatic nitrogens is 1. The molecule has 0 fully saturated rings. The van der Waals surface area contributed by atoms with Crippen LogP contribution in [-0.4, -0.2) is 16.7 Å². The number of nitrogens with two attached hydrogens (primary N) is 1. The summed E-state index contributed by atoms with van der Waals surface area (Å²) in [5, 5.41) is 8.53. The van der Waals surface area contributed by atoms with Crippen LogP contribution in [0, 0.1) is 5.95 Å². The highest BCUT2D eigenvalue weighted by molar-refractivity contribution is 5.15. The first-order valence-electron chi connectivity index (χ1n) is 2.95. The third-order valence-corrected chi connectivity index (χ3v) is 1.32. The van der Waals surface area contributed by atoms with Gasteiger partial charge in [-0.1, -0.05) is 0 Å². The number of aliphatic hydroxyl groups is 1. The van der Waals surface area contributed by atoms with Gasteiger partial charge in [0.15, 0.2) is 5.95 Å². The van der Waals surface area contributed by atoms with Crippen LogP contribution < -0.4 is 5.73 Å². The molecule has 0 unspecified atom stereocenters. The van der Waals surface area contributed by atoms with Crippen LogP contribution >= 0.6 is 0 Å². The molecule has 1 rings (SSSR count). The van der Waals surface area contributed by atoms with Crippen molar-refractivity contribution < 1.29 is 9.50 Å². The molecule has 0 saturated carbocycles. The molecule has 0 spiro atoms. The van der Waals surface area contributed by atoms with Gasteiger partial charge in [-0.05, 0) is 6.07 Å². The average Bonchev–Trinajstić information content (AvgIpc) is 2.34. The smallest absolute Gasteiger partial charge is 0.195 e. The molecule has 0 aliphatic rings. The van der Waals surface area contributed by atoms with Gasteiger partial charge in [-0.2, -0.15) is 4.39 Å². The van der Waals surface area contributed by atoms with Crippen LogP contribution in [0.4, 0.5) is 4.39 Å². The Morgan fingerprint density at radius 1 is 1.80 bits per heavy atom. The van der Waals surface area contributed by atoms with Crippen LogP contribution in [0.1, 0.15) is 11.6 Å². The fourth-order valence-corrected chi connectivity index (χ4v) is 0.746. The van der Waals surface area contributed by atoms with Gasteiger partial charge < -0.3 is 15.8 Å². The van der Waals surface area contributed by atoms with E-state index in [0.29, 0.717) is 5.56 Å². The van der Waals surface area contributed by atoms with Crippen molar-refractivity contribution in [2.75, 3.05) is 6.61 Å². The van der Waals surface area contributed by atoms with E-state index in [2.05, 4.69) is 4.98 Å². The lowest BCUT2D eigenvalue weighted by Gasteiger charge is -2.03. The predicted molar refractivity (Wildman–Crippen MR) is 34.8 cm³/mol. The summed E-state index contributed by atoms with van der Waals surface area (Å²) in [6.45, 7) is -0.241. The Balaban J connectivity index is 2.82. The maximum atomic E-state index is 12.5. The van der Waals surface area contributed by atoms with Gasteiger partial charge in [0.05, 0.1) is 12.6 Å². The van der Waals surface area contributed by atoms with Gasteiger partial charge in [-0.25, -0.2) is 0 Å². The molecule has 1 aromatic heterocycles. The van der Waals surface area contributed by atoms with Crippen LogP contribution in [0.2, 0.25) is 0 Å². The molecule has 1 atom stereocenters. The van der Waals surface area contributed by atoms with Gasteiger partial charge in [0.2, 0.25) is 0 Å². The van der Waals surface area contributed by atoms with Crippen molar-refractivity contribution in [1.29, 1.82) is 0 Å². The Bertz CT molecular complexity index is 211. The second-order valence-electron chi connectivity index (χ2n) is 2.04. The van der Waals surface area contributed by atoms with Crippen LogP contribution in [0.15, 0.2) is 12.3 Å². The van der Waals surface area contributed by atoms with E-state index in [0.717, 1.165) is 0 Å². The highest BCUT2D eigenvalue weighted by Crippen LogP contribution is 2.11. The first-order valence-corrected chi connectivity index (χ1v) is 2.95. The minimum atomic E-state index is -0.619. The van der Waals surface area contributed by atoms with E-state index in [-0.39, 0.29) is 6.61 Å². The highest BCUT2D eigenvalue weighted by atomic mass is 19.1. The summed E-state index contributed by atoms with van der Waals surface area (Å²) in [5.74, 6) is -0.471. The molecule has 1 heterocycles. The molecule has 1 aromatic rings. The van der Waals surface area contributed by atoms with E-state index < -0.39 is 12.0 Å². The van der Waals surface area contributed by atoms with E-state index in [9.17, 15) is 4.39 Å². The summed E-state index contributed by atoms with van der Waals surface area (Å²) >= 11 is 0. The van der Waals surface area contributed by atoms with Crippen molar-refractivity contribution in [3.8, 4) is 0 Å². The topological polar surface area (TPSA) is 62.0 Å². The zero-order chi connectivity index (χ0) is 7.56. The Hall–Kier alpha value is -0.870. The standard InChI is InChI=1S/C6H9FN2O/c7-6-4(1-2-9-6)5(8)3-10/h1-2,5,9-10H,3,8H2/t5-/m0/s1. The lowest BCUT2D eigenvalue weighted by molar-refractivity contribution is 0.265. The molecule has 4 N–H and O–H groups in total. The van der Waals surface area contributed by atoms with Crippen molar-refractivity contribution in [3.63, 3.8) is 0 Å². The Labute approximate surface area is 57.7 Å². The molecule has 0 aliphatic carbocycles. The average molecular weight is 144 g/mol. The number of hydrogen-bond donors (Lipinski definition) is 3.